The van der Waals surface area contributed by atoms with E-state index in [9.17, 15) is 0 Å². The SMILES string of the molecule is Cc1ccc(Cn2c(C=C3CC(C)(C)NC(C)(C)C3)nc3cc(C)c(C)cc32)cc1. The maximum Gasteiger partial charge on any atom is 0.134 e. The molecule has 158 valence electrons. The van der Waals surface area contributed by atoms with Crippen LogP contribution in [0.1, 0.15) is 68.6 Å². The number of hydrogen-bond donors (Lipinski definition) is 1. The zero-order chi connectivity index (χ0) is 21.7. The maximum absolute atomic E-state index is 5.08. The third-order valence-electron chi connectivity index (χ3n) is 6.20. The van der Waals surface area contributed by atoms with E-state index in [4.69, 9.17) is 4.98 Å². The number of piperidine rings is 1. The van der Waals surface area contributed by atoms with E-state index < -0.39 is 0 Å². The van der Waals surface area contributed by atoms with Crippen molar-refractivity contribution in [1.82, 2.24) is 14.9 Å². The van der Waals surface area contributed by atoms with Crippen molar-refractivity contribution in [3.8, 4) is 0 Å². The Kier molecular flexibility index (Phi) is 5.14. The van der Waals surface area contributed by atoms with Crippen LogP contribution < -0.4 is 5.32 Å². The van der Waals surface area contributed by atoms with E-state index in [2.05, 4.69) is 101 Å². The van der Waals surface area contributed by atoms with Crippen molar-refractivity contribution in [3.05, 3.63) is 70.0 Å². The Morgan fingerprint density at radius 2 is 1.53 bits per heavy atom. The first-order valence-corrected chi connectivity index (χ1v) is 11.0. The molecule has 1 aliphatic heterocycles. The van der Waals surface area contributed by atoms with Crippen LogP contribution in [0.3, 0.4) is 0 Å². The van der Waals surface area contributed by atoms with Gasteiger partial charge in [-0.2, -0.15) is 0 Å². The van der Waals surface area contributed by atoms with E-state index >= 15 is 0 Å². The lowest BCUT2D eigenvalue weighted by Gasteiger charge is -2.44. The Morgan fingerprint density at radius 1 is 0.933 bits per heavy atom. The van der Waals surface area contributed by atoms with Crippen LogP contribution in [0, 0.1) is 20.8 Å². The molecule has 1 N–H and O–H groups in total. The summed E-state index contributed by atoms with van der Waals surface area (Å²) in [6.07, 6.45) is 4.44. The molecule has 0 radical (unpaired) electrons. The third kappa shape index (κ3) is 4.37. The first kappa shape index (κ1) is 20.9. The van der Waals surface area contributed by atoms with E-state index in [0.29, 0.717) is 0 Å². The summed E-state index contributed by atoms with van der Waals surface area (Å²) in [5.41, 5.74) is 9.18. The highest BCUT2D eigenvalue weighted by Gasteiger charge is 2.34. The van der Waals surface area contributed by atoms with Gasteiger partial charge in [0.1, 0.15) is 5.82 Å². The lowest BCUT2D eigenvalue weighted by atomic mass is 9.79. The molecule has 1 aliphatic rings. The second-order valence-electron chi connectivity index (χ2n) is 10.5. The quantitative estimate of drug-likeness (QED) is 0.555. The average Bonchev–Trinajstić information content (AvgIpc) is 2.91. The number of imidazole rings is 1. The molecule has 30 heavy (non-hydrogen) atoms. The Morgan fingerprint density at radius 3 is 2.17 bits per heavy atom. The van der Waals surface area contributed by atoms with E-state index in [0.717, 1.165) is 30.7 Å². The highest BCUT2D eigenvalue weighted by atomic mass is 15.1. The van der Waals surface area contributed by atoms with Crippen molar-refractivity contribution < 1.29 is 0 Å². The lowest BCUT2D eigenvalue weighted by Crippen LogP contribution is -2.55. The summed E-state index contributed by atoms with van der Waals surface area (Å²) in [5.74, 6) is 1.07. The van der Waals surface area contributed by atoms with Gasteiger partial charge in [-0.1, -0.05) is 35.4 Å². The minimum atomic E-state index is 0.0918. The topological polar surface area (TPSA) is 29.9 Å². The van der Waals surface area contributed by atoms with E-state index in [1.807, 2.05) is 0 Å². The van der Waals surface area contributed by atoms with Gasteiger partial charge < -0.3 is 9.88 Å². The Labute approximate surface area is 181 Å². The molecule has 0 unspecified atom stereocenters. The number of nitrogens with zero attached hydrogens (tertiary/aromatic N) is 2. The summed E-state index contributed by atoms with van der Waals surface area (Å²) >= 11 is 0. The second-order valence-corrected chi connectivity index (χ2v) is 10.5. The van der Waals surface area contributed by atoms with Crippen molar-refractivity contribution in [2.75, 3.05) is 0 Å². The molecular formula is C27H35N3. The van der Waals surface area contributed by atoms with Crippen LogP contribution in [0.4, 0.5) is 0 Å². The number of fused-ring (bicyclic) bond motifs is 1. The molecule has 2 aromatic carbocycles. The first-order chi connectivity index (χ1) is 14.0. The van der Waals surface area contributed by atoms with Crippen molar-refractivity contribution >= 4 is 17.1 Å². The summed E-state index contributed by atoms with van der Waals surface area (Å²) in [4.78, 5) is 5.08. The largest absolute Gasteiger partial charge is 0.320 e. The van der Waals surface area contributed by atoms with Gasteiger partial charge in [0.25, 0.3) is 0 Å². The van der Waals surface area contributed by atoms with Crippen LogP contribution in [0.25, 0.3) is 17.1 Å². The number of benzene rings is 2. The van der Waals surface area contributed by atoms with Gasteiger partial charge in [-0.3, -0.25) is 0 Å². The van der Waals surface area contributed by atoms with Gasteiger partial charge in [-0.05, 0) is 96.2 Å². The van der Waals surface area contributed by atoms with Crippen LogP contribution in [0.2, 0.25) is 0 Å². The smallest absolute Gasteiger partial charge is 0.134 e. The van der Waals surface area contributed by atoms with Crippen molar-refractivity contribution in [3.63, 3.8) is 0 Å². The zero-order valence-corrected chi connectivity index (χ0v) is 19.6. The average molecular weight is 402 g/mol. The molecule has 1 aromatic heterocycles. The Balaban J connectivity index is 1.83. The molecule has 1 fully saturated rings. The molecule has 3 nitrogen and oxygen atoms in total. The molecule has 1 saturated heterocycles. The Bertz CT molecular complexity index is 1090. The van der Waals surface area contributed by atoms with Crippen molar-refractivity contribution in [1.29, 1.82) is 0 Å². The van der Waals surface area contributed by atoms with Gasteiger partial charge in [0, 0.05) is 17.6 Å². The van der Waals surface area contributed by atoms with Crippen molar-refractivity contribution in [2.45, 2.75) is 78.9 Å². The van der Waals surface area contributed by atoms with E-state index in [1.165, 1.54) is 33.3 Å². The van der Waals surface area contributed by atoms with Crippen LogP contribution >= 0.6 is 0 Å². The summed E-state index contributed by atoms with van der Waals surface area (Å²) in [6, 6.07) is 13.4. The highest BCUT2D eigenvalue weighted by molar-refractivity contribution is 5.80. The van der Waals surface area contributed by atoms with Crippen LogP contribution in [0.15, 0.2) is 42.0 Å². The fourth-order valence-corrected chi connectivity index (χ4v) is 5.04. The molecule has 0 atom stereocenters. The van der Waals surface area contributed by atoms with Gasteiger partial charge in [0.05, 0.1) is 11.0 Å². The highest BCUT2D eigenvalue weighted by Crippen LogP contribution is 2.34. The number of nitrogens with one attached hydrogen (secondary N) is 1. The van der Waals surface area contributed by atoms with Crippen LogP contribution in [-0.4, -0.2) is 20.6 Å². The molecule has 0 aliphatic carbocycles. The standard InChI is InChI=1S/C27H35N3/c1-18-8-10-21(11-9-18)17-30-24-13-20(3)19(2)12-23(24)28-25(30)14-22-15-26(4,5)29-27(6,7)16-22/h8-14,29H,15-17H2,1-7H3. The normalized spacial score (nSPS) is 18.0. The van der Waals surface area contributed by atoms with Gasteiger partial charge in [-0.15, -0.1) is 0 Å². The van der Waals surface area contributed by atoms with Gasteiger partial charge in [0.2, 0.25) is 0 Å². The minimum absolute atomic E-state index is 0.0918. The lowest BCUT2D eigenvalue weighted by molar-refractivity contribution is 0.224. The molecule has 2 heterocycles. The van der Waals surface area contributed by atoms with Gasteiger partial charge in [-0.25, -0.2) is 4.98 Å². The van der Waals surface area contributed by atoms with Crippen molar-refractivity contribution in [2.24, 2.45) is 0 Å². The van der Waals surface area contributed by atoms with Crippen LogP contribution in [0.5, 0.6) is 0 Å². The molecular weight excluding hydrogens is 366 g/mol. The predicted molar refractivity (Wildman–Crippen MR) is 128 cm³/mol. The van der Waals surface area contributed by atoms with E-state index in [-0.39, 0.29) is 11.1 Å². The van der Waals surface area contributed by atoms with Gasteiger partial charge in [0.15, 0.2) is 0 Å². The molecule has 4 rings (SSSR count). The van der Waals surface area contributed by atoms with Gasteiger partial charge >= 0.3 is 0 Å². The summed E-state index contributed by atoms with van der Waals surface area (Å²) < 4.78 is 2.39. The first-order valence-electron chi connectivity index (χ1n) is 11.0. The summed E-state index contributed by atoms with van der Waals surface area (Å²) in [7, 11) is 0. The number of hydrogen-bond acceptors (Lipinski definition) is 2. The molecule has 0 spiro atoms. The molecule has 3 heteroatoms. The molecule has 3 aromatic rings. The Hall–Kier alpha value is -2.39. The number of rotatable bonds is 3. The molecule has 0 bridgehead atoms. The fourth-order valence-electron chi connectivity index (χ4n) is 5.04. The third-order valence-corrected chi connectivity index (χ3v) is 6.20. The number of aryl methyl sites for hydroxylation is 3. The summed E-state index contributed by atoms with van der Waals surface area (Å²) in [6.45, 7) is 16.5. The molecule has 0 saturated carbocycles. The van der Waals surface area contributed by atoms with Crippen LogP contribution in [-0.2, 0) is 6.54 Å². The fraction of sp³-hybridized carbons (Fsp3) is 0.444. The summed E-state index contributed by atoms with van der Waals surface area (Å²) in [5, 5.41) is 3.78. The zero-order valence-electron chi connectivity index (χ0n) is 19.6. The van der Waals surface area contributed by atoms with E-state index in [1.54, 1.807) is 0 Å². The maximum atomic E-state index is 5.08. The molecule has 0 amide bonds. The second kappa shape index (κ2) is 7.39. The minimum Gasteiger partial charge on any atom is -0.320 e. The number of aromatic nitrogens is 2. The predicted octanol–water partition coefficient (Wildman–Crippen LogP) is 6.33. The monoisotopic (exact) mass is 401 g/mol.